The first kappa shape index (κ1) is 14.7. The molecule has 3 aromatic rings. The molecule has 0 saturated heterocycles. The second-order valence-electron chi connectivity index (χ2n) is 4.68. The molecule has 1 N–H and O–H groups in total. The number of halogens is 1. The van der Waals surface area contributed by atoms with Gasteiger partial charge in [0.05, 0.1) is 24.8 Å². The van der Waals surface area contributed by atoms with E-state index in [1.54, 1.807) is 28.3 Å². The van der Waals surface area contributed by atoms with E-state index in [9.17, 15) is 4.79 Å². The Bertz CT molecular complexity index is 769. The minimum absolute atomic E-state index is 0.0989. The molecular weight excluding hydrogens is 320 g/mol. The molecule has 0 radical (unpaired) electrons. The fourth-order valence-electron chi connectivity index (χ4n) is 1.96. The summed E-state index contributed by atoms with van der Waals surface area (Å²) in [7, 11) is 0. The number of rotatable bonds is 5. The van der Waals surface area contributed by atoms with E-state index in [0.29, 0.717) is 17.3 Å². The van der Waals surface area contributed by atoms with E-state index >= 15 is 0 Å². The average molecular weight is 333 g/mol. The molecule has 0 bridgehead atoms. The monoisotopic (exact) mass is 332 g/mol. The first-order valence-corrected chi connectivity index (χ1v) is 7.98. The largest absolute Gasteiger partial charge is 0.350 e. The Hall–Kier alpha value is -2.18. The summed E-state index contributed by atoms with van der Waals surface area (Å²) < 4.78 is 1.69. The maximum Gasteiger partial charge on any atom is 0.224 e. The summed E-state index contributed by atoms with van der Waals surface area (Å²) in [6.07, 6.45) is 2.05. The number of thiophene rings is 1. The van der Waals surface area contributed by atoms with Crippen LogP contribution in [0.4, 0.5) is 0 Å². The molecule has 0 aliphatic heterocycles. The average Bonchev–Trinajstić information content (AvgIpc) is 3.18. The van der Waals surface area contributed by atoms with Crippen molar-refractivity contribution in [2.75, 3.05) is 0 Å². The summed E-state index contributed by atoms with van der Waals surface area (Å²) in [5.41, 5.74) is 2.48. The Balaban J connectivity index is 1.56. The van der Waals surface area contributed by atoms with Crippen molar-refractivity contribution in [3.05, 3.63) is 63.6 Å². The maximum atomic E-state index is 12.0. The first-order chi connectivity index (χ1) is 10.7. The first-order valence-electron chi connectivity index (χ1n) is 6.66. The number of aromatic nitrogens is 3. The Morgan fingerprint density at radius 3 is 2.95 bits per heavy atom. The zero-order valence-corrected chi connectivity index (χ0v) is 13.1. The van der Waals surface area contributed by atoms with Crippen molar-refractivity contribution in [3.8, 4) is 5.69 Å². The van der Waals surface area contributed by atoms with Crippen LogP contribution in [0.25, 0.3) is 5.69 Å². The Labute approximate surface area is 136 Å². The quantitative estimate of drug-likeness (QED) is 0.781. The van der Waals surface area contributed by atoms with E-state index in [1.165, 1.54) is 0 Å². The highest BCUT2D eigenvalue weighted by Gasteiger charge is 2.08. The van der Waals surface area contributed by atoms with Gasteiger partial charge in [-0.15, -0.1) is 5.10 Å². The number of carbonyl (C=O) groups excluding carboxylic acids is 1. The van der Waals surface area contributed by atoms with E-state index in [0.717, 1.165) is 11.3 Å². The Morgan fingerprint density at radius 1 is 1.32 bits per heavy atom. The number of nitrogens with zero attached hydrogens (tertiary/aromatic N) is 3. The Kier molecular flexibility index (Phi) is 4.50. The van der Waals surface area contributed by atoms with Crippen molar-refractivity contribution >= 4 is 28.8 Å². The van der Waals surface area contributed by atoms with Crippen LogP contribution in [0.5, 0.6) is 0 Å². The van der Waals surface area contributed by atoms with Gasteiger partial charge < -0.3 is 5.32 Å². The molecule has 0 unspecified atom stereocenters. The van der Waals surface area contributed by atoms with E-state index in [4.69, 9.17) is 11.6 Å². The van der Waals surface area contributed by atoms with Crippen molar-refractivity contribution in [1.82, 2.24) is 20.3 Å². The van der Waals surface area contributed by atoms with E-state index in [-0.39, 0.29) is 12.3 Å². The topological polar surface area (TPSA) is 59.8 Å². The van der Waals surface area contributed by atoms with Gasteiger partial charge in [-0.3, -0.25) is 4.79 Å². The van der Waals surface area contributed by atoms with Gasteiger partial charge in [0.15, 0.2) is 0 Å². The SMILES string of the molecule is O=C(Cc1ccccc1Cl)NCc1cn(-c2ccsc2)nn1. The van der Waals surface area contributed by atoms with E-state index in [2.05, 4.69) is 15.6 Å². The number of amides is 1. The van der Waals surface area contributed by atoms with Crippen LogP contribution in [0.1, 0.15) is 11.3 Å². The van der Waals surface area contributed by atoms with Crippen LogP contribution in [-0.4, -0.2) is 20.9 Å². The molecule has 1 amide bonds. The summed E-state index contributed by atoms with van der Waals surface area (Å²) in [5.74, 6) is -0.0989. The smallest absolute Gasteiger partial charge is 0.224 e. The summed E-state index contributed by atoms with van der Waals surface area (Å²) in [5, 5.41) is 15.5. The lowest BCUT2D eigenvalue weighted by molar-refractivity contribution is -0.120. The summed E-state index contributed by atoms with van der Waals surface area (Å²) in [4.78, 5) is 12.0. The molecule has 0 fully saturated rings. The van der Waals surface area contributed by atoms with Gasteiger partial charge in [0.1, 0.15) is 5.69 Å². The number of benzene rings is 1. The molecule has 112 valence electrons. The molecule has 1 aromatic carbocycles. The molecular formula is C15H13ClN4OS. The van der Waals surface area contributed by atoms with Gasteiger partial charge >= 0.3 is 0 Å². The summed E-state index contributed by atoms with van der Waals surface area (Å²) >= 11 is 7.63. The molecule has 5 nitrogen and oxygen atoms in total. The third kappa shape index (κ3) is 3.52. The zero-order valence-electron chi connectivity index (χ0n) is 11.6. The second kappa shape index (κ2) is 6.72. The minimum atomic E-state index is -0.0989. The van der Waals surface area contributed by atoms with Crippen LogP contribution in [-0.2, 0) is 17.8 Å². The van der Waals surface area contributed by atoms with Gasteiger partial charge in [0, 0.05) is 10.4 Å². The normalized spacial score (nSPS) is 10.6. The predicted octanol–water partition coefficient (Wildman–Crippen LogP) is 2.84. The fraction of sp³-hybridized carbons (Fsp3) is 0.133. The molecule has 2 heterocycles. The number of hydrogen-bond acceptors (Lipinski definition) is 4. The van der Waals surface area contributed by atoms with Crippen molar-refractivity contribution in [1.29, 1.82) is 0 Å². The van der Waals surface area contributed by atoms with Gasteiger partial charge in [-0.05, 0) is 23.1 Å². The molecule has 0 spiro atoms. The van der Waals surface area contributed by atoms with Crippen LogP contribution in [0, 0.1) is 0 Å². The Morgan fingerprint density at radius 2 is 2.18 bits per heavy atom. The maximum absolute atomic E-state index is 12.0. The van der Waals surface area contributed by atoms with Crippen LogP contribution < -0.4 is 5.32 Å². The van der Waals surface area contributed by atoms with Crippen LogP contribution >= 0.6 is 22.9 Å². The van der Waals surface area contributed by atoms with Gasteiger partial charge in [-0.25, -0.2) is 4.68 Å². The highest BCUT2D eigenvalue weighted by molar-refractivity contribution is 7.08. The molecule has 3 rings (SSSR count). The lowest BCUT2D eigenvalue weighted by atomic mass is 10.1. The zero-order chi connectivity index (χ0) is 15.4. The third-order valence-electron chi connectivity index (χ3n) is 3.09. The van der Waals surface area contributed by atoms with E-state index < -0.39 is 0 Å². The van der Waals surface area contributed by atoms with Gasteiger partial charge in [0.2, 0.25) is 5.91 Å². The number of nitrogens with one attached hydrogen (secondary N) is 1. The van der Waals surface area contributed by atoms with E-state index in [1.807, 2.05) is 35.0 Å². The van der Waals surface area contributed by atoms with Crippen LogP contribution in [0.2, 0.25) is 5.02 Å². The van der Waals surface area contributed by atoms with Gasteiger partial charge in [-0.2, -0.15) is 11.3 Å². The summed E-state index contributed by atoms with van der Waals surface area (Å²) in [6.45, 7) is 0.341. The van der Waals surface area contributed by atoms with Crippen molar-refractivity contribution < 1.29 is 4.79 Å². The second-order valence-corrected chi connectivity index (χ2v) is 5.87. The highest BCUT2D eigenvalue weighted by Crippen LogP contribution is 2.15. The number of carbonyl (C=O) groups is 1. The molecule has 2 aromatic heterocycles. The predicted molar refractivity (Wildman–Crippen MR) is 86.2 cm³/mol. The molecule has 0 aliphatic rings. The summed E-state index contributed by atoms with van der Waals surface area (Å²) in [6, 6.07) is 9.28. The molecule has 0 atom stereocenters. The van der Waals surface area contributed by atoms with Crippen molar-refractivity contribution in [3.63, 3.8) is 0 Å². The van der Waals surface area contributed by atoms with Crippen LogP contribution in [0.3, 0.4) is 0 Å². The van der Waals surface area contributed by atoms with Crippen molar-refractivity contribution in [2.24, 2.45) is 0 Å². The minimum Gasteiger partial charge on any atom is -0.350 e. The lowest BCUT2D eigenvalue weighted by Crippen LogP contribution is -2.24. The molecule has 0 saturated carbocycles. The van der Waals surface area contributed by atoms with Gasteiger partial charge in [-0.1, -0.05) is 35.0 Å². The molecule has 22 heavy (non-hydrogen) atoms. The molecule has 0 aliphatic carbocycles. The standard InChI is InChI=1S/C15H13ClN4OS/c16-14-4-2-1-3-11(14)7-15(21)17-8-12-9-20(19-18-12)13-5-6-22-10-13/h1-6,9-10H,7-8H2,(H,17,21). The van der Waals surface area contributed by atoms with Crippen molar-refractivity contribution in [2.45, 2.75) is 13.0 Å². The molecule has 7 heteroatoms. The lowest BCUT2D eigenvalue weighted by Gasteiger charge is -2.04. The van der Waals surface area contributed by atoms with Gasteiger partial charge in [0.25, 0.3) is 0 Å². The fourth-order valence-corrected chi connectivity index (χ4v) is 2.78. The highest BCUT2D eigenvalue weighted by atomic mass is 35.5. The van der Waals surface area contributed by atoms with Crippen LogP contribution in [0.15, 0.2) is 47.3 Å². The number of hydrogen-bond donors (Lipinski definition) is 1. The third-order valence-corrected chi connectivity index (χ3v) is 4.13.